The Morgan fingerprint density at radius 2 is 1.75 bits per heavy atom. The van der Waals surface area contributed by atoms with Gasteiger partial charge >= 0.3 is 5.97 Å². The molecule has 0 atom stereocenters. The highest BCUT2D eigenvalue weighted by Gasteiger charge is 2.13. The third-order valence-electron chi connectivity index (χ3n) is 2.57. The van der Waals surface area contributed by atoms with Crippen molar-refractivity contribution in [2.45, 2.75) is 25.7 Å². The Kier molecular flexibility index (Phi) is 5.69. The second-order valence-electron chi connectivity index (χ2n) is 4.44. The third-order valence-corrected chi connectivity index (χ3v) is 3.16. The number of Topliss-reactive ketones (excluding diaryl/α,β-unsaturated/α-hetero) is 1. The van der Waals surface area contributed by atoms with Gasteiger partial charge in [-0.2, -0.15) is 0 Å². The Balaban J connectivity index is 2.70. The van der Waals surface area contributed by atoms with E-state index in [0.717, 1.165) is 6.26 Å². The fraction of sp³-hybridized carbons (Fsp3) is 0.385. The number of nitrogens with one attached hydrogen (secondary N) is 1. The smallest absolute Gasteiger partial charge is 0.303 e. The Hall–Kier alpha value is -1.89. The summed E-state index contributed by atoms with van der Waals surface area (Å²) in [5, 5.41) is 8.51. The van der Waals surface area contributed by atoms with Crippen LogP contribution in [-0.4, -0.2) is 31.5 Å². The van der Waals surface area contributed by atoms with Gasteiger partial charge in [0.2, 0.25) is 10.0 Å². The molecular formula is C13H17NO5S. The molecule has 2 N–H and O–H groups in total. The van der Waals surface area contributed by atoms with Crippen LogP contribution in [0.4, 0.5) is 5.69 Å². The van der Waals surface area contributed by atoms with Crippen LogP contribution < -0.4 is 4.72 Å². The summed E-state index contributed by atoms with van der Waals surface area (Å²) >= 11 is 0. The maximum atomic E-state index is 12.0. The maximum absolute atomic E-state index is 12.0. The van der Waals surface area contributed by atoms with E-state index in [0.29, 0.717) is 18.4 Å². The lowest BCUT2D eigenvalue weighted by Gasteiger charge is -2.09. The van der Waals surface area contributed by atoms with Gasteiger partial charge in [0.05, 0.1) is 11.9 Å². The molecule has 0 aliphatic carbocycles. The largest absolute Gasteiger partial charge is 0.481 e. The number of sulfonamides is 1. The van der Waals surface area contributed by atoms with Crippen molar-refractivity contribution >= 4 is 27.5 Å². The standard InChI is InChI=1S/C13H17NO5S/c1-20(18,19)14-11-7-3-2-6-10(11)12(15)8-4-5-9-13(16)17/h2-3,6-7,14H,4-5,8-9H2,1H3,(H,16,17). The van der Waals surface area contributed by atoms with Gasteiger partial charge in [0.1, 0.15) is 0 Å². The Bertz CT molecular complexity index is 595. The van der Waals surface area contributed by atoms with E-state index in [1.807, 2.05) is 0 Å². The van der Waals surface area contributed by atoms with E-state index in [4.69, 9.17) is 5.11 Å². The summed E-state index contributed by atoms with van der Waals surface area (Å²) in [7, 11) is -3.45. The molecule has 0 bridgehead atoms. The van der Waals surface area contributed by atoms with Gasteiger partial charge in [-0.15, -0.1) is 0 Å². The molecule has 20 heavy (non-hydrogen) atoms. The van der Waals surface area contributed by atoms with E-state index in [2.05, 4.69) is 4.72 Å². The zero-order valence-corrected chi connectivity index (χ0v) is 11.9. The van der Waals surface area contributed by atoms with Crippen LogP contribution in [0.5, 0.6) is 0 Å². The summed E-state index contributed by atoms with van der Waals surface area (Å²) in [6, 6.07) is 6.35. The third kappa shape index (κ3) is 5.83. The van der Waals surface area contributed by atoms with E-state index >= 15 is 0 Å². The number of carbonyl (C=O) groups excluding carboxylic acids is 1. The number of carboxylic acids is 1. The number of rotatable bonds is 8. The molecule has 0 spiro atoms. The molecule has 0 saturated heterocycles. The first-order valence-electron chi connectivity index (χ1n) is 6.11. The summed E-state index contributed by atoms with van der Waals surface area (Å²) < 4.78 is 24.7. The summed E-state index contributed by atoms with van der Waals surface area (Å²) in [5.41, 5.74) is 0.548. The first-order valence-corrected chi connectivity index (χ1v) is 8.00. The number of unbranched alkanes of at least 4 members (excludes halogenated alkanes) is 1. The Morgan fingerprint density at radius 1 is 1.15 bits per heavy atom. The molecular weight excluding hydrogens is 282 g/mol. The lowest BCUT2D eigenvalue weighted by molar-refractivity contribution is -0.137. The molecule has 0 radical (unpaired) electrons. The average Bonchev–Trinajstić information content (AvgIpc) is 2.33. The van der Waals surface area contributed by atoms with Crippen LogP contribution in [0, 0.1) is 0 Å². The number of hydrogen-bond donors (Lipinski definition) is 2. The molecule has 0 aliphatic heterocycles. The average molecular weight is 299 g/mol. The fourth-order valence-corrected chi connectivity index (χ4v) is 2.29. The monoisotopic (exact) mass is 299 g/mol. The van der Waals surface area contributed by atoms with Crippen molar-refractivity contribution in [1.82, 2.24) is 0 Å². The van der Waals surface area contributed by atoms with Crippen LogP contribution >= 0.6 is 0 Å². The molecule has 110 valence electrons. The molecule has 0 fully saturated rings. The van der Waals surface area contributed by atoms with Gasteiger partial charge in [-0.05, 0) is 25.0 Å². The van der Waals surface area contributed by atoms with Crippen LogP contribution in [-0.2, 0) is 14.8 Å². The highest BCUT2D eigenvalue weighted by Crippen LogP contribution is 2.19. The zero-order valence-electron chi connectivity index (χ0n) is 11.1. The number of carbonyl (C=O) groups is 2. The number of hydrogen-bond acceptors (Lipinski definition) is 4. The molecule has 1 aromatic rings. The SMILES string of the molecule is CS(=O)(=O)Nc1ccccc1C(=O)CCCCC(=O)O. The van der Waals surface area contributed by atoms with Crippen molar-refractivity contribution in [1.29, 1.82) is 0 Å². The Labute approximate surface area is 117 Å². The lowest BCUT2D eigenvalue weighted by atomic mass is 10.0. The molecule has 6 nitrogen and oxygen atoms in total. The van der Waals surface area contributed by atoms with Gasteiger partial charge in [-0.1, -0.05) is 12.1 Å². The predicted molar refractivity (Wildman–Crippen MR) is 75.3 cm³/mol. The molecule has 0 heterocycles. The second-order valence-corrected chi connectivity index (χ2v) is 6.19. The first kappa shape index (κ1) is 16.2. The number of aliphatic carboxylic acids is 1. The molecule has 0 amide bonds. The number of ketones is 1. The number of carboxylic acid groups (broad SMARTS) is 1. The normalized spacial score (nSPS) is 11.1. The quantitative estimate of drug-likeness (QED) is 0.564. The summed E-state index contributed by atoms with van der Waals surface area (Å²) in [6.07, 6.45) is 2.11. The molecule has 1 rings (SSSR count). The van der Waals surface area contributed by atoms with E-state index < -0.39 is 16.0 Å². The topological polar surface area (TPSA) is 101 Å². The second kappa shape index (κ2) is 7.04. The zero-order chi connectivity index (χ0) is 15.2. The molecule has 0 unspecified atom stereocenters. The van der Waals surface area contributed by atoms with Crippen molar-refractivity contribution in [3.05, 3.63) is 29.8 Å². The lowest BCUT2D eigenvalue weighted by Crippen LogP contribution is -2.13. The van der Waals surface area contributed by atoms with E-state index in [1.165, 1.54) is 6.07 Å². The summed E-state index contributed by atoms with van der Waals surface area (Å²) in [5.74, 6) is -1.10. The van der Waals surface area contributed by atoms with Crippen LogP contribution in [0.1, 0.15) is 36.0 Å². The number of benzene rings is 1. The molecule has 0 aromatic heterocycles. The van der Waals surface area contributed by atoms with Crippen molar-refractivity contribution < 1.29 is 23.1 Å². The van der Waals surface area contributed by atoms with Gasteiger partial charge in [0, 0.05) is 18.4 Å². The minimum atomic E-state index is -3.45. The van der Waals surface area contributed by atoms with Crippen LogP contribution in [0.3, 0.4) is 0 Å². The van der Waals surface area contributed by atoms with Gasteiger partial charge in [0.25, 0.3) is 0 Å². The highest BCUT2D eigenvalue weighted by atomic mass is 32.2. The number of para-hydroxylation sites is 1. The van der Waals surface area contributed by atoms with E-state index in [1.54, 1.807) is 18.2 Å². The fourth-order valence-electron chi connectivity index (χ4n) is 1.71. The van der Waals surface area contributed by atoms with Gasteiger partial charge in [-0.25, -0.2) is 8.42 Å². The minimum absolute atomic E-state index is 0.0243. The van der Waals surface area contributed by atoms with E-state index in [9.17, 15) is 18.0 Å². The van der Waals surface area contributed by atoms with Gasteiger partial charge < -0.3 is 5.11 Å². The van der Waals surface area contributed by atoms with Crippen molar-refractivity contribution in [3.8, 4) is 0 Å². The Morgan fingerprint density at radius 3 is 2.35 bits per heavy atom. The molecule has 0 aliphatic rings. The molecule has 1 aromatic carbocycles. The van der Waals surface area contributed by atoms with Crippen LogP contribution in [0.25, 0.3) is 0 Å². The van der Waals surface area contributed by atoms with Crippen molar-refractivity contribution in [2.24, 2.45) is 0 Å². The maximum Gasteiger partial charge on any atom is 0.303 e. The summed E-state index contributed by atoms with van der Waals surface area (Å²) in [6.45, 7) is 0. The minimum Gasteiger partial charge on any atom is -0.481 e. The van der Waals surface area contributed by atoms with Crippen LogP contribution in [0.15, 0.2) is 24.3 Å². The summed E-state index contributed by atoms with van der Waals surface area (Å²) in [4.78, 5) is 22.4. The number of anilines is 1. The van der Waals surface area contributed by atoms with Crippen LogP contribution in [0.2, 0.25) is 0 Å². The molecule has 0 saturated carbocycles. The van der Waals surface area contributed by atoms with E-state index in [-0.39, 0.29) is 24.3 Å². The van der Waals surface area contributed by atoms with Crippen molar-refractivity contribution in [2.75, 3.05) is 11.0 Å². The molecule has 7 heteroatoms. The highest BCUT2D eigenvalue weighted by molar-refractivity contribution is 7.92. The van der Waals surface area contributed by atoms with Gasteiger partial charge in [0.15, 0.2) is 5.78 Å². The van der Waals surface area contributed by atoms with Gasteiger partial charge in [-0.3, -0.25) is 14.3 Å². The predicted octanol–water partition coefficient (Wildman–Crippen LogP) is 1.89. The first-order chi connectivity index (χ1) is 9.29. The van der Waals surface area contributed by atoms with Crippen molar-refractivity contribution in [3.63, 3.8) is 0 Å².